The molecule has 2 N–H and O–H groups in total. The van der Waals surface area contributed by atoms with E-state index in [1.165, 1.54) is 12.1 Å². The molecule has 0 unspecified atom stereocenters. The molecule has 0 amide bonds. The summed E-state index contributed by atoms with van der Waals surface area (Å²) in [7, 11) is -3.95. The summed E-state index contributed by atoms with van der Waals surface area (Å²) in [6, 6.07) is 18.1. The molecule has 0 radical (unpaired) electrons. The van der Waals surface area contributed by atoms with Crippen molar-refractivity contribution < 1.29 is 18.3 Å². The molecule has 3 aromatic rings. The lowest BCUT2D eigenvalue weighted by atomic mass is 10.1. The van der Waals surface area contributed by atoms with Crippen molar-refractivity contribution in [3.8, 4) is 0 Å². The highest BCUT2D eigenvalue weighted by atomic mass is 32.2. The third kappa shape index (κ3) is 5.97. The Morgan fingerprint density at radius 2 is 1.45 bits per heavy atom. The Bertz CT molecular complexity index is 1040. The van der Waals surface area contributed by atoms with Crippen molar-refractivity contribution in [2.45, 2.75) is 30.2 Å². The lowest BCUT2D eigenvalue weighted by Gasteiger charge is -2.15. The van der Waals surface area contributed by atoms with Crippen molar-refractivity contribution in [1.82, 2.24) is 9.71 Å². The van der Waals surface area contributed by atoms with Gasteiger partial charge in [-0.05, 0) is 60.2 Å². The van der Waals surface area contributed by atoms with Crippen molar-refractivity contribution in [1.29, 1.82) is 0 Å². The highest BCUT2D eigenvalue weighted by molar-refractivity contribution is 7.89. The molecule has 0 saturated carbocycles. The number of benzene rings is 2. The van der Waals surface area contributed by atoms with E-state index >= 15 is 0 Å². The van der Waals surface area contributed by atoms with Gasteiger partial charge in [-0.2, -0.15) is 4.72 Å². The van der Waals surface area contributed by atoms with Gasteiger partial charge in [-0.15, -0.1) is 0 Å². The maximum Gasteiger partial charge on any atom is 0.322 e. The fourth-order valence-corrected chi connectivity index (χ4v) is 4.15. The van der Waals surface area contributed by atoms with Crippen LogP contribution in [0.4, 0.5) is 0 Å². The predicted molar refractivity (Wildman–Crippen MR) is 110 cm³/mol. The summed E-state index contributed by atoms with van der Waals surface area (Å²) >= 11 is 0. The second-order valence-corrected chi connectivity index (χ2v) is 8.42. The number of rotatable bonds is 9. The zero-order valence-electron chi connectivity index (χ0n) is 15.7. The molecule has 0 aliphatic heterocycles. The van der Waals surface area contributed by atoms with E-state index in [-0.39, 0.29) is 11.3 Å². The molecule has 0 saturated heterocycles. The Morgan fingerprint density at radius 1 is 0.862 bits per heavy atom. The highest BCUT2D eigenvalue weighted by Gasteiger charge is 2.25. The van der Waals surface area contributed by atoms with E-state index in [1.54, 1.807) is 48.8 Å². The van der Waals surface area contributed by atoms with Crippen molar-refractivity contribution in [2.75, 3.05) is 0 Å². The predicted octanol–water partition coefficient (Wildman–Crippen LogP) is 2.84. The van der Waals surface area contributed by atoms with Crippen LogP contribution in [0.5, 0.6) is 0 Å². The van der Waals surface area contributed by atoms with Gasteiger partial charge in [-0.1, -0.05) is 42.5 Å². The van der Waals surface area contributed by atoms with Crippen LogP contribution in [0.2, 0.25) is 0 Å². The van der Waals surface area contributed by atoms with E-state index in [2.05, 4.69) is 9.71 Å². The normalized spacial score (nSPS) is 12.4. The Kier molecular flexibility index (Phi) is 6.74. The highest BCUT2D eigenvalue weighted by Crippen LogP contribution is 2.14. The number of nitrogens with one attached hydrogen (secondary N) is 1. The summed E-state index contributed by atoms with van der Waals surface area (Å²) in [6.45, 7) is 0. The second kappa shape index (κ2) is 9.45. The van der Waals surface area contributed by atoms with Crippen molar-refractivity contribution in [3.05, 3.63) is 95.8 Å². The van der Waals surface area contributed by atoms with E-state index < -0.39 is 22.0 Å². The number of aryl methyl sites for hydroxylation is 2. The standard InChI is InChI=1S/C22H22N2O4S/c25-22(26)21(16-19-4-2-1-3-5-19)24-29(27,28)20-10-8-17(9-11-20)6-7-18-12-14-23-15-13-18/h1-5,8-15,21,24H,6-7,16H2,(H,25,26)/t21-/m0/s1. The minimum atomic E-state index is -3.95. The first kappa shape index (κ1) is 20.7. The monoisotopic (exact) mass is 410 g/mol. The van der Waals surface area contributed by atoms with Crippen molar-refractivity contribution >= 4 is 16.0 Å². The quantitative estimate of drug-likeness (QED) is 0.565. The number of nitrogens with zero attached hydrogens (tertiary/aromatic N) is 1. The average Bonchev–Trinajstić information content (AvgIpc) is 2.73. The number of carboxylic acid groups (broad SMARTS) is 1. The number of aromatic nitrogens is 1. The van der Waals surface area contributed by atoms with Gasteiger partial charge >= 0.3 is 5.97 Å². The third-order valence-corrected chi connectivity index (χ3v) is 6.05. The van der Waals surface area contributed by atoms with Gasteiger partial charge in [0.25, 0.3) is 0 Å². The van der Waals surface area contributed by atoms with E-state index in [9.17, 15) is 18.3 Å². The van der Waals surface area contributed by atoms with Gasteiger partial charge in [0.15, 0.2) is 0 Å². The molecule has 1 aromatic heterocycles. The Balaban J connectivity index is 1.66. The van der Waals surface area contributed by atoms with Crippen LogP contribution in [0.15, 0.2) is 84.0 Å². The van der Waals surface area contributed by atoms with Crippen LogP contribution < -0.4 is 4.72 Å². The number of carbonyl (C=O) groups is 1. The van der Waals surface area contributed by atoms with E-state index in [1.807, 2.05) is 18.2 Å². The molecule has 6 nitrogen and oxygen atoms in total. The minimum absolute atomic E-state index is 0.0458. The number of aliphatic carboxylic acids is 1. The molecule has 0 aliphatic carbocycles. The van der Waals surface area contributed by atoms with Crippen LogP contribution in [0.1, 0.15) is 16.7 Å². The number of carboxylic acids is 1. The number of pyridine rings is 1. The Hall–Kier alpha value is -3.03. The molecule has 0 bridgehead atoms. The molecule has 1 atom stereocenters. The van der Waals surface area contributed by atoms with Crippen LogP contribution in [-0.4, -0.2) is 30.5 Å². The van der Waals surface area contributed by atoms with E-state index in [4.69, 9.17) is 0 Å². The van der Waals surface area contributed by atoms with Gasteiger partial charge in [-0.25, -0.2) is 8.42 Å². The molecule has 0 spiro atoms. The van der Waals surface area contributed by atoms with Crippen molar-refractivity contribution in [2.24, 2.45) is 0 Å². The third-order valence-electron chi connectivity index (χ3n) is 4.56. The van der Waals surface area contributed by atoms with Crippen LogP contribution in [0.25, 0.3) is 0 Å². The van der Waals surface area contributed by atoms with Crippen molar-refractivity contribution in [3.63, 3.8) is 0 Å². The van der Waals surface area contributed by atoms with Gasteiger partial charge in [0, 0.05) is 12.4 Å². The van der Waals surface area contributed by atoms with Crippen LogP contribution in [0.3, 0.4) is 0 Å². The lowest BCUT2D eigenvalue weighted by molar-refractivity contribution is -0.138. The molecule has 150 valence electrons. The minimum Gasteiger partial charge on any atom is -0.480 e. The van der Waals surface area contributed by atoms with Gasteiger partial charge in [0.2, 0.25) is 10.0 Å². The maximum absolute atomic E-state index is 12.6. The maximum atomic E-state index is 12.6. The van der Waals surface area contributed by atoms with Crippen LogP contribution >= 0.6 is 0 Å². The average molecular weight is 410 g/mol. The molecule has 29 heavy (non-hydrogen) atoms. The molecular weight excluding hydrogens is 388 g/mol. The van der Waals surface area contributed by atoms with E-state index in [0.29, 0.717) is 0 Å². The van der Waals surface area contributed by atoms with Gasteiger partial charge in [-0.3, -0.25) is 9.78 Å². The van der Waals surface area contributed by atoms with Gasteiger partial charge in [0.1, 0.15) is 6.04 Å². The number of sulfonamides is 1. The zero-order valence-corrected chi connectivity index (χ0v) is 16.5. The number of hydrogen-bond donors (Lipinski definition) is 2. The largest absolute Gasteiger partial charge is 0.480 e. The summed E-state index contributed by atoms with van der Waals surface area (Å²) in [4.78, 5) is 15.6. The SMILES string of the molecule is O=C(O)[C@H](Cc1ccccc1)NS(=O)(=O)c1ccc(CCc2ccncc2)cc1. The topological polar surface area (TPSA) is 96.4 Å². The first-order valence-corrected chi connectivity index (χ1v) is 10.7. The first-order valence-electron chi connectivity index (χ1n) is 9.21. The summed E-state index contributed by atoms with van der Waals surface area (Å²) in [5.41, 5.74) is 2.90. The molecule has 0 aliphatic rings. The summed E-state index contributed by atoms with van der Waals surface area (Å²) in [5.74, 6) is -1.22. The van der Waals surface area contributed by atoms with Gasteiger partial charge in [0.05, 0.1) is 4.90 Å². The molecular formula is C22H22N2O4S. The fourth-order valence-electron chi connectivity index (χ4n) is 2.96. The molecule has 7 heteroatoms. The molecule has 1 heterocycles. The fraction of sp³-hybridized carbons (Fsp3) is 0.182. The molecule has 2 aromatic carbocycles. The second-order valence-electron chi connectivity index (χ2n) is 6.70. The van der Waals surface area contributed by atoms with Gasteiger partial charge < -0.3 is 5.11 Å². The Morgan fingerprint density at radius 3 is 2.03 bits per heavy atom. The Labute approximate surface area is 170 Å². The number of hydrogen-bond acceptors (Lipinski definition) is 4. The molecule has 0 fully saturated rings. The molecule has 3 rings (SSSR count). The summed E-state index contributed by atoms with van der Waals surface area (Å²) < 4.78 is 27.6. The lowest BCUT2D eigenvalue weighted by Crippen LogP contribution is -2.42. The van der Waals surface area contributed by atoms with Crippen LogP contribution in [-0.2, 0) is 34.1 Å². The first-order chi connectivity index (χ1) is 13.9. The summed E-state index contributed by atoms with van der Waals surface area (Å²) in [5, 5.41) is 9.44. The zero-order chi connectivity index (χ0) is 20.7. The van der Waals surface area contributed by atoms with E-state index in [0.717, 1.165) is 29.5 Å². The smallest absolute Gasteiger partial charge is 0.322 e. The van der Waals surface area contributed by atoms with Crippen LogP contribution in [0, 0.1) is 0 Å². The summed E-state index contributed by atoms with van der Waals surface area (Å²) in [6.07, 6.45) is 5.14.